The van der Waals surface area contributed by atoms with Crippen molar-refractivity contribution in [3.05, 3.63) is 42.0 Å². The van der Waals surface area contributed by atoms with Crippen LogP contribution in [0.5, 0.6) is 0 Å². The number of anilines is 1. The minimum atomic E-state index is -0.980. The van der Waals surface area contributed by atoms with Crippen molar-refractivity contribution in [1.82, 2.24) is 4.90 Å². The van der Waals surface area contributed by atoms with Gasteiger partial charge in [-0.1, -0.05) is 18.2 Å². The van der Waals surface area contributed by atoms with Gasteiger partial charge in [-0.2, -0.15) is 0 Å². The van der Waals surface area contributed by atoms with Gasteiger partial charge in [-0.3, -0.25) is 14.4 Å². The van der Waals surface area contributed by atoms with E-state index in [1.54, 1.807) is 11.0 Å². The van der Waals surface area contributed by atoms with Crippen molar-refractivity contribution in [3.63, 3.8) is 0 Å². The molecule has 3 aliphatic heterocycles. The molecule has 1 spiro atoms. The zero-order valence-electron chi connectivity index (χ0n) is 17.8. The first-order chi connectivity index (χ1) is 14.8. The van der Waals surface area contributed by atoms with E-state index < -0.39 is 28.6 Å². The van der Waals surface area contributed by atoms with Crippen molar-refractivity contribution in [3.8, 4) is 0 Å². The number of carboxylic acids is 1. The van der Waals surface area contributed by atoms with Crippen LogP contribution in [0.1, 0.15) is 24.0 Å². The number of nitrogens with zero attached hydrogens (tertiary/aromatic N) is 2. The molecule has 4 rings (SSSR count). The van der Waals surface area contributed by atoms with Gasteiger partial charge in [-0.25, -0.2) is 0 Å². The maximum atomic E-state index is 14.1. The van der Waals surface area contributed by atoms with Crippen LogP contribution >= 0.6 is 11.8 Å². The van der Waals surface area contributed by atoms with Gasteiger partial charge in [0.2, 0.25) is 5.91 Å². The second-order valence-corrected chi connectivity index (χ2v) is 10.3. The molecule has 0 aliphatic carbocycles. The third-order valence-electron chi connectivity index (χ3n) is 6.89. The summed E-state index contributed by atoms with van der Waals surface area (Å²) in [6, 6.07) is 5.07. The van der Waals surface area contributed by atoms with E-state index >= 15 is 0 Å². The fraction of sp³-hybridized carbons (Fsp3) is 0.522. The molecule has 7 nitrogen and oxygen atoms in total. The van der Waals surface area contributed by atoms with Crippen LogP contribution in [0.2, 0.25) is 0 Å². The quantitative estimate of drug-likeness (QED) is 0.624. The average Bonchev–Trinajstić information content (AvgIpc) is 3.36. The van der Waals surface area contributed by atoms with Crippen molar-refractivity contribution < 1.29 is 24.6 Å². The molecule has 0 radical (unpaired) electrons. The Hall–Kier alpha value is -2.32. The third-order valence-corrected chi connectivity index (χ3v) is 8.85. The lowest BCUT2D eigenvalue weighted by molar-refractivity contribution is -0.148. The number of β-amino-alcohol motifs (C(OH)–C–C–N with tert-alkyl or cyclic N) is 1. The molecular formula is C23H28N2O5S. The van der Waals surface area contributed by atoms with E-state index in [9.17, 15) is 24.6 Å². The summed E-state index contributed by atoms with van der Waals surface area (Å²) in [7, 11) is 0. The highest BCUT2D eigenvalue weighted by Gasteiger charge is 2.74. The van der Waals surface area contributed by atoms with Gasteiger partial charge < -0.3 is 20.0 Å². The largest absolute Gasteiger partial charge is 0.481 e. The van der Waals surface area contributed by atoms with Crippen molar-refractivity contribution in [1.29, 1.82) is 0 Å². The number of likely N-dealkylation sites (tertiary alicyclic amines) is 1. The Morgan fingerprint density at radius 1 is 1.39 bits per heavy atom. The first-order valence-corrected chi connectivity index (χ1v) is 11.5. The Balaban J connectivity index is 1.80. The highest BCUT2D eigenvalue weighted by atomic mass is 32.2. The number of amides is 2. The summed E-state index contributed by atoms with van der Waals surface area (Å²) in [6.07, 6.45) is 2.95. The topological polar surface area (TPSA) is 98.2 Å². The SMILES string of the molecule is C=CCN(C(=O)C1N(CCO)C(=O)[C@@H]2[C@@H](C(=O)O)[C@H]3CCC12S3)c1cc(C)ccc1C. The van der Waals surface area contributed by atoms with Crippen molar-refractivity contribution in [2.45, 2.75) is 42.7 Å². The first kappa shape index (κ1) is 21.9. The molecule has 1 aromatic carbocycles. The molecule has 3 saturated heterocycles. The van der Waals surface area contributed by atoms with Crippen LogP contribution in [0, 0.1) is 25.7 Å². The summed E-state index contributed by atoms with van der Waals surface area (Å²) in [5.41, 5.74) is 2.70. The van der Waals surface area contributed by atoms with E-state index in [0.717, 1.165) is 16.8 Å². The number of carbonyl (C=O) groups is 3. The summed E-state index contributed by atoms with van der Waals surface area (Å²) in [4.78, 5) is 42.5. The number of benzene rings is 1. The van der Waals surface area contributed by atoms with Gasteiger partial charge in [0.15, 0.2) is 0 Å². The number of aliphatic carboxylic acids is 1. The summed E-state index contributed by atoms with van der Waals surface area (Å²) in [5, 5.41) is 19.3. The summed E-state index contributed by atoms with van der Waals surface area (Å²) in [5.74, 6) is -3.07. The van der Waals surface area contributed by atoms with Crippen molar-refractivity contribution >= 4 is 35.2 Å². The van der Waals surface area contributed by atoms with E-state index in [-0.39, 0.29) is 36.8 Å². The minimum Gasteiger partial charge on any atom is -0.481 e. The number of hydrogen-bond acceptors (Lipinski definition) is 5. The lowest BCUT2D eigenvalue weighted by Gasteiger charge is -2.37. The molecule has 2 unspecified atom stereocenters. The van der Waals surface area contributed by atoms with Crippen molar-refractivity contribution in [2.75, 3.05) is 24.6 Å². The monoisotopic (exact) mass is 444 g/mol. The molecule has 3 aliphatic rings. The van der Waals surface area contributed by atoms with E-state index in [0.29, 0.717) is 12.8 Å². The maximum absolute atomic E-state index is 14.1. The number of carbonyl (C=O) groups excluding carboxylic acids is 2. The Morgan fingerprint density at radius 3 is 2.77 bits per heavy atom. The number of hydrogen-bond donors (Lipinski definition) is 2. The van der Waals surface area contributed by atoms with Crippen LogP contribution < -0.4 is 4.90 Å². The van der Waals surface area contributed by atoms with Crippen LogP contribution in [0.4, 0.5) is 5.69 Å². The molecule has 0 saturated carbocycles. The molecule has 166 valence electrons. The van der Waals surface area contributed by atoms with E-state index in [1.807, 2.05) is 32.0 Å². The van der Waals surface area contributed by atoms with Crippen LogP contribution in [-0.4, -0.2) is 68.6 Å². The molecule has 8 heteroatoms. The Bertz CT molecular complexity index is 950. The smallest absolute Gasteiger partial charge is 0.308 e. The number of aliphatic hydroxyl groups is 1. The van der Waals surface area contributed by atoms with Crippen molar-refractivity contribution in [2.24, 2.45) is 11.8 Å². The summed E-state index contributed by atoms with van der Waals surface area (Å²) >= 11 is 1.50. The second kappa shape index (κ2) is 7.98. The molecule has 2 bridgehead atoms. The number of carboxylic acid groups (broad SMARTS) is 1. The Kier molecular flexibility index (Phi) is 5.64. The predicted octanol–water partition coefficient (Wildman–Crippen LogP) is 1.99. The molecule has 5 atom stereocenters. The standard InChI is InChI=1S/C23H28N2O5S/c1-4-9-24(15-12-13(2)5-6-14(15)3)21(28)19-23-8-7-16(31-23)17(22(29)30)18(23)20(27)25(19)10-11-26/h4-6,12,16-19,26H,1,7-11H2,2-3H3,(H,29,30)/t16-,17+,18+,19?,23?/m1/s1. The minimum absolute atomic E-state index is 0.0137. The van der Waals surface area contributed by atoms with E-state index in [4.69, 9.17) is 0 Å². The van der Waals surface area contributed by atoms with E-state index in [1.165, 1.54) is 16.7 Å². The normalized spacial score (nSPS) is 31.1. The zero-order valence-corrected chi connectivity index (χ0v) is 18.6. The van der Waals surface area contributed by atoms with Crippen LogP contribution in [-0.2, 0) is 14.4 Å². The second-order valence-electron chi connectivity index (χ2n) is 8.68. The summed E-state index contributed by atoms with van der Waals surface area (Å²) in [6.45, 7) is 7.70. The molecule has 2 amide bonds. The van der Waals surface area contributed by atoms with E-state index in [2.05, 4.69) is 6.58 Å². The third kappa shape index (κ3) is 3.19. The van der Waals surface area contributed by atoms with Crippen LogP contribution in [0.3, 0.4) is 0 Å². The number of aliphatic hydroxyl groups excluding tert-OH is 1. The first-order valence-electron chi connectivity index (χ1n) is 10.6. The van der Waals surface area contributed by atoms with Gasteiger partial charge >= 0.3 is 5.97 Å². The molecule has 2 N–H and O–H groups in total. The zero-order chi connectivity index (χ0) is 22.5. The molecule has 1 aromatic rings. The van der Waals surface area contributed by atoms with Crippen LogP contribution in [0.15, 0.2) is 30.9 Å². The van der Waals surface area contributed by atoms with Gasteiger partial charge in [0.1, 0.15) is 6.04 Å². The predicted molar refractivity (Wildman–Crippen MR) is 119 cm³/mol. The highest BCUT2D eigenvalue weighted by molar-refractivity contribution is 8.02. The number of thioether (sulfide) groups is 1. The molecule has 0 aromatic heterocycles. The molecule has 3 heterocycles. The number of rotatable bonds is 7. The fourth-order valence-corrected chi connectivity index (χ4v) is 7.86. The van der Waals surface area contributed by atoms with Gasteiger partial charge in [-0.15, -0.1) is 18.3 Å². The maximum Gasteiger partial charge on any atom is 0.308 e. The molecule has 3 fully saturated rings. The van der Waals surface area contributed by atoms with Crippen LogP contribution in [0.25, 0.3) is 0 Å². The lowest BCUT2D eigenvalue weighted by atomic mass is 9.71. The average molecular weight is 445 g/mol. The lowest BCUT2D eigenvalue weighted by Crippen LogP contribution is -2.55. The van der Waals surface area contributed by atoms with Gasteiger partial charge in [0.05, 0.1) is 23.2 Å². The molecular weight excluding hydrogens is 416 g/mol. The van der Waals surface area contributed by atoms with Gasteiger partial charge in [0.25, 0.3) is 5.91 Å². The fourth-order valence-electron chi connectivity index (χ4n) is 5.66. The molecule has 31 heavy (non-hydrogen) atoms. The Labute approximate surface area is 186 Å². The number of aryl methyl sites for hydroxylation is 2. The number of fused-ring (bicyclic) bond motifs is 1. The van der Waals surface area contributed by atoms with Gasteiger partial charge in [-0.05, 0) is 43.9 Å². The van der Waals surface area contributed by atoms with Gasteiger partial charge in [0, 0.05) is 24.0 Å². The highest BCUT2D eigenvalue weighted by Crippen LogP contribution is 2.66. The summed E-state index contributed by atoms with van der Waals surface area (Å²) < 4.78 is -0.770. The Morgan fingerprint density at radius 2 is 2.13 bits per heavy atom.